The van der Waals surface area contributed by atoms with Crippen molar-refractivity contribution < 1.29 is 5.11 Å². The Bertz CT molecular complexity index is 346. The van der Waals surface area contributed by atoms with Gasteiger partial charge in [0.25, 0.3) is 0 Å². The van der Waals surface area contributed by atoms with E-state index in [1.807, 2.05) is 24.6 Å². The molecule has 0 heterocycles. The van der Waals surface area contributed by atoms with Crippen molar-refractivity contribution in [3.8, 4) is 0 Å². The van der Waals surface area contributed by atoms with Crippen molar-refractivity contribution in [1.82, 2.24) is 0 Å². The molecule has 1 aromatic rings. The lowest BCUT2D eigenvalue weighted by Gasteiger charge is -2.14. The molecule has 1 unspecified atom stereocenters. The van der Waals surface area contributed by atoms with Gasteiger partial charge in [-0.1, -0.05) is 0 Å². The van der Waals surface area contributed by atoms with E-state index in [4.69, 9.17) is 10.8 Å². The first-order valence-corrected chi connectivity index (χ1v) is 7.66. The molecule has 1 aromatic carbocycles. The highest BCUT2D eigenvalue weighted by atomic mass is 79.9. The third-order valence-electron chi connectivity index (χ3n) is 2.08. The molecule has 1 atom stereocenters. The van der Waals surface area contributed by atoms with E-state index in [9.17, 15) is 0 Å². The average Bonchev–Trinajstić information content (AvgIpc) is 2.26. The Morgan fingerprint density at radius 2 is 2.07 bits per heavy atom. The van der Waals surface area contributed by atoms with Gasteiger partial charge in [-0.15, -0.1) is 23.5 Å². The van der Waals surface area contributed by atoms with Gasteiger partial charge < -0.3 is 10.8 Å². The quantitative estimate of drug-likeness (QED) is 0.840. The van der Waals surface area contributed by atoms with Crippen molar-refractivity contribution in [1.29, 1.82) is 0 Å². The minimum absolute atomic E-state index is 0.0289. The lowest BCUT2D eigenvalue weighted by molar-refractivity contribution is 0.268. The first-order chi connectivity index (χ1) is 7.13. The Hall–Kier alpha value is 0.320. The number of nitrogens with two attached hydrogens (primary N) is 1. The minimum Gasteiger partial charge on any atom is -0.394 e. The summed E-state index contributed by atoms with van der Waals surface area (Å²) in [6.07, 6.45) is 4.08. The molecule has 0 aliphatic heterocycles. The Balaban J connectivity index is 3.19. The van der Waals surface area contributed by atoms with Crippen LogP contribution in [0.3, 0.4) is 0 Å². The van der Waals surface area contributed by atoms with E-state index in [2.05, 4.69) is 15.9 Å². The fourth-order valence-electron chi connectivity index (χ4n) is 1.26. The second-order valence-electron chi connectivity index (χ2n) is 3.03. The molecule has 3 N–H and O–H groups in total. The summed E-state index contributed by atoms with van der Waals surface area (Å²) in [5.41, 5.74) is 6.76. The number of hydrogen-bond acceptors (Lipinski definition) is 4. The molecule has 0 radical (unpaired) electrons. The molecule has 0 aliphatic carbocycles. The third kappa shape index (κ3) is 3.14. The van der Waals surface area contributed by atoms with Crippen molar-refractivity contribution >= 4 is 39.5 Å². The summed E-state index contributed by atoms with van der Waals surface area (Å²) in [5, 5.41) is 9.02. The summed E-state index contributed by atoms with van der Waals surface area (Å²) >= 11 is 6.92. The molecule has 0 saturated heterocycles. The molecule has 0 aliphatic rings. The molecule has 15 heavy (non-hydrogen) atoms. The number of aliphatic hydroxyl groups is 1. The molecule has 0 bridgehead atoms. The van der Waals surface area contributed by atoms with Gasteiger partial charge in [0.15, 0.2) is 0 Å². The number of halogens is 1. The minimum atomic E-state index is -0.303. The Kier molecular flexibility index (Phi) is 5.49. The molecule has 2 nitrogen and oxygen atoms in total. The van der Waals surface area contributed by atoms with Crippen LogP contribution in [0.15, 0.2) is 26.4 Å². The van der Waals surface area contributed by atoms with E-state index in [-0.39, 0.29) is 12.6 Å². The zero-order valence-corrected chi connectivity index (χ0v) is 11.9. The number of thioether (sulfide) groups is 2. The van der Waals surface area contributed by atoms with Crippen molar-refractivity contribution in [2.75, 3.05) is 19.1 Å². The first kappa shape index (κ1) is 13.4. The predicted molar refractivity (Wildman–Crippen MR) is 71.7 cm³/mol. The fourth-order valence-corrected chi connectivity index (χ4v) is 3.92. The SMILES string of the molecule is CSc1cc(C(N)CO)cc(Br)c1SC. The van der Waals surface area contributed by atoms with Crippen LogP contribution in [0.1, 0.15) is 11.6 Å². The van der Waals surface area contributed by atoms with Crippen LogP contribution in [0.25, 0.3) is 0 Å². The smallest absolute Gasteiger partial charge is 0.0624 e. The molecule has 0 fully saturated rings. The van der Waals surface area contributed by atoms with Crippen LogP contribution >= 0.6 is 39.5 Å². The van der Waals surface area contributed by atoms with Gasteiger partial charge in [-0.2, -0.15) is 0 Å². The number of hydrogen-bond donors (Lipinski definition) is 2. The normalized spacial score (nSPS) is 12.9. The van der Waals surface area contributed by atoms with Crippen LogP contribution in [-0.2, 0) is 0 Å². The molecule has 0 saturated carbocycles. The van der Waals surface area contributed by atoms with Gasteiger partial charge in [-0.3, -0.25) is 0 Å². The summed E-state index contributed by atoms with van der Waals surface area (Å²) in [4.78, 5) is 2.41. The van der Waals surface area contributed by atoms with Gasteiger partial charge in [0.05, 0.1) is 12.6 Å². The van der Waals surface area contributed by atoms with Gasteiger partial charge in [-0.05, 0) is 46.1 Å². The summed E-state index contributed by atoms with van der Waals surface area (Å²) in [6, 6.07) is 3.72. The van der Waals surface area contributed by atoms with E-state index in [0.717, 1.165) is 10.0 Å². The molecule has 0 aromatic heterocycles. The molecular weight excluding hydrogens is 294 g/mol. The number of rotatable bonds is 4. The molecular formula is C10H14BrNOS2. The number of aliphatic hydroxyl groups excluding tert-OH is 1. The number of benzene rings is 1. The average molecular weight is 308 g/mol. The van der Waals surface area contributed by atoms with E-state index >= 15 is 0 Å². The highest BCUT2D eigenvalue weighted by molar-refractivity contribution is 9.10. The lowest BCUT2D eigenvalue weighted by atomic mass is 10.1. The predicted octanol–water partition coefficient (Wildman–Crippen LogP) is 2.89. The molecule has 5 heteroatoms. The first-order valence-electron chi connectivity index (χ1n) is 4.41. The van der Waals surface area contributed by atoms with Crippen LogP contribution in [0, 0.1) is 0 Å². The van der Waals surface area contributed by atoms with Crippen LogP contribution in [0.4, 0.5) is 0 Å². The Morgan fingerprint density at radius 3 is 2.53 bits per heavy atom. The zero-order valence-electron chi connectivity index (χ0n) is 8.66. The second kappa shape index (κ2) is 6.15. The van der Waals surface area contributed by atoms with Crippen LogP contribution in [-0.4, -0.2) is 24.2 Å². The largest absolute Gasteiger partial charge is 0.394 e. The van der Waals surface area contributed by atoms with Crippen LogP contribution < -0.4 is 5.73 Å². The molecule has 0 spiro atoms. The van der Waals surface area contributed by atoms with Gasteiger partial charge in [0.2, 0.25) is 0 Å². The Morgan fingerprint density at radius 1 is 1.40 bits per heavy atom. The lowest BCUT2D eigenvalue weighted by Crippen LogP contribution is -2.14. The van der Waals surface area contributed by atoms with E-state index in [1.165, 1.54) is 9.79 Å². The second-order valence-corrected chi connectivity index (χ2v) is 5.55. The maximum atomic E-state index is 9.02. The van der Waals surface area contributed by atoms with E-state index in [0.29, 0.717) is 0 Å². The maximum absolute atomic E-state index is 9.02. The maximum Gasteiger partial charge on any atom is 0.0624 e. The third-order valence-corrected chi connectivity index (χ3v) is 4.71. The highest BCUT2D eigenvalue weighted by Gasteiger charge is 2.11. The Labute approximate surface area is 107 Å². The fraction of sp³-hybridized carbons (Fsp3) is 0.400. The van der Waals surface area contributed by atoms with E-state index < -0.39 is 0 Å². The highest BCUT2D eigenvalue weighted by Crippen LogP contribution is 2.36. The van der Waals surface area contributed by atoms with Crippen LogP contribution in [0.2, 0.25) is 0 Å². The van der Waals surface area contributed by atoms with E-state index in [1.54, 1.807) is 23.5 Å². The zero-order chi connectivity index (χ0) is 11.4. The summed E-state index contributed by atoms with van der Waals surface area (Å²) in [6.45, 7) is -0.0289. The molecule has 1 rings (SSSR count). The standard InChI is InChI=1S/C10H14BrNOS2/c1-14-9-4-6(8(12)5-13)3-7(11)10(9)15-2/h3-4,8,13H,5,12H2,1-2H3. The molecule has 84 valence electrons. The summed E-state index contributed by atoms with van der Waals surface area (Å²) < 4.78 is 1.04. The van der Waals surface area contributed by atoms with Gasteiger partial charge >= 0.3 is 0 Å². The molecule has 0 amide bonds. The van der Waals surface area contributed by atoms with Gasteiger partial charge in [0.1, 0.15) is 0 Å². The van der Waals surface area contributed by atoms with Crippen molar-refractivity contribution in [3.63, 3.8) is 0 Å². The van der Waals surface area contributed by atoms with Crippen molar-refractivity contribution in [3.05, 3.63) is 22.2 Å². The topological polar surface area (TPSA) is 46.2 Å². The van der Waals surface area contributed by atoms with Crippen LogP contribution in [0.5, 0.6) is 0 Å². The monoisotopic (exact) mass is 307 g/mol. The van der Waals surface area contributed by atoms with Gasteiger partial charge in [0, 0.05) is 14.3 Å². The van der Waals surface area contributed by atoms with Gasteiger partial charge in [-0.25, -0.2) is 0 Å². The van der Waals surface area contributed by atoms with Crippen molar-refractivity contribution in [2.24, 2.45) is 5.73 Å². The van der Waals surface area contributed by atoms with Crippen molar-refractivity contribution in [2.45, 2.75) is 15.8 Å². The summed E-state index contributed by atoms with van der Waals surface area (Å²) in [7, 11) is 0. The summed E-state index contributed by atoms with van der Waals surface area (Å²) in [5.74, 6) is 0.